The van der Waals surface area contributed by atoms with E-state index in [1.54, 1.807) is 0 Å². The minimum absolute atomic E-state index is 0.292. The molecule has 1 N–H and O–H groups in total. The first-order chi connectivity index (χ1) is 9.70. The van der Waals surface area contributed by atoms with Crippen LogP contribution < -0.4 is 5.32 Å². The maximum atomic E-state index is 3.60. The van der Waals surface area contributed by atoms with Crippen LogP contribution in [0.5, 0.6) is 0 Å². The number of hydrogen-bond donors (Lipinski definition) is 1. The van der Waals surface area contributed by atoms with Crippen molar-refractivity contribution in [2.45, 2.75) is 57.5 Å². The largest absolute Gasteiger partial charge is 0.315 e. The van der Waals surface area contributed by atoms with Gasteiger partial charge in [-0.3, -0.25) is 4.90 Å². The third-order valence-electron chi connectivity index (χ3n) is 5.21. The molecule has 0 bridgehead atoms. The number of nitrogens with zero attached hydrogens (tertiary/aromatic N) is 1. The van der Waals surface area contributed by atoms with Crippen LogP contribution in [0.1, 0.15) is 45.1 Å². The van der Waals surface area contributed by atoms with E-state index < -0.39 is 0 Å². The zero-order chi connectivity index (χ0) is 14.4. The van der Waals surface area contributed by atoms with E-state index in [1.807, 2.05) is 0 Å². The van der Waals surface area contributed by atoms with Gasteiger partial charge in [-0.2, -0.15) is 0 Å². The molecule has 2 unspecified atom stereocenters. The predicted octanol–water partition coefficient (Wildman–Crippen LogP) is 3.47. The first-order valence-corrected chi connectivity index (χ1v) is 8.17. The van der Waals surface area contributed by atoms with E-state index in [-0.39, 0.29) is 0 Å². The summed E-state index contributed by atoms with van der Waals surface area (Å²) in [6, 6.07) is 11.4. The average Bonchev–Trinajstić information content (AvgIpc) is 3.03. The zero-order valence-corrected chi connectivity index (χ0v) is 13.4. The van der Waals surface area contributed by atoms with Gasteiger partial charge < -0.3 is 5.32 Å². The molecular weight excluding hydrogens is 244 g/mol. The molecule has 2 atom stereocenters. The summed E-state index contributed by atoms with van der Waals surface area (Å²) in [4.78, 5) is 2.71. The van der Waals surface area contributed by atoms with Gasteiger partial charge in [-0.15, -0.1) is 0 Å². The monoisotopic (exact) mass is 274 g/mol. The Labute approximate surface area is 124 Å². The Bertz CT molecular complexity index is 384. The molecule has 1 saturated heterocycles. The topological polar surface area (TPSA) is 15.3 Å². The number of likely N-dealkylation sites (tertiary alicyclic amines) is 1. The summed E-state index contributed by atoms with van der Waals surface area (Å²) >= 11 is 0. The Morgan fingerprint density at radius 3 is 2.40 bits per heavy atom. The highest BCUT2D eigenvalue weighted by Gasteiger charge is 2.38. The Balaban J connectivity index is 2.01. The first kappa shape index (κ1) is 15.5. The highest BCUT2D eigenvalue weighted by molar-refractivity contribution is 5.15. The molecule has 1 aliphatic heterocycles. The van der Waals surface area contributed by atoms with Gasteiger partial charge in [-0.05, 0) is 64.7 Å². The van der Waals surface area contributed by atoms with Gasteiger partial charge in [0.2, 0.25) is 0 Å². The summed E-state index contributed by atoms with van der Waals surface area (Å²) in [7, 11) is 2.12. The van der Waals surface area contributed by atoms with Crippen LogP contribution in [0.3, 0.4) is 0 Å². The van der Waals surface area contributed by atoms with E-state index in [1.165, 1.54) is 44.3 Å². The summed E-state index contributed by atoms with van der Waals surface area (Å²) < 4.78 is 0. The third-order valence-corrected chi connectivity index (χ3v) is 5.21. The Hall–Kier alpha value is -0.860. The second-order valence-corrected chi connectivity index (χ2v) is 6.27. The second kappa shape index (κ2) is 7.24. The van der Waals surface area contributed by atoms with Gasteiger partial charge in [0.05, 0.1) is 0 Å². The van der Waals surface area contributed by atoms with E-state index in [9.17, 15) is 0 Å². The molecule has 0 aromatic heterocycles. The number of nitrogens with one attached hydrogen (secondary N) is 1. The van der Waals surface area contributed by atoms with Crippen molar-refractivity contribution in [3.63, 3.8) is 0 Å². The molecule has 0 saturated carbocycles. The van der Waals surface area contributed by atoms with Crippen LogP contribution in [0.15, 0.2) is 30.3 Å². The van der Waals surface area contributed by atoms with Gasteiger partial charge in [-0.25, -0.2) is 0 Å². The number of benzene rings is 1. The maximum absolute atomic E-state index is 3.60. The molecular formula is C18H30N2. The SMILES string of the molecule is CCC(C)(C(CCc1ccccc1)NC)N1CCCC1. The van der Waals surface area contributed by atoms with Gasteiger partial charge in [0.1, 0.15) is 0 Å². The maximum Gasteiger partial charge on any atom is 0.0331 e. The fourth-order valence-corrected chi connectivity index (χ4v) is 3.64. The fourth-order valence-electron chi connectivity index (χ4n) is 3.64. The number of aryl methyl sites for hydroxylation is 1. The van der Waals surface area contributed by atoms with Crippen molar-refractivity contribution < 1.29 is 0 Å². The smallest absolute Gasteiger partial charge is 0.0331 e. The molecule has 112 valence electrons. The van der Waals surface area contributed by atoms with Crippen molar-refractivity contribution in [2.75, 3.05) is 20.1 Å². The molecule has 0 spiro atoms. The Morgan fingerprint density at radius 2 is 1.85 bits per heavy atom. The van der Waals surface area contributed by atoms with E-state index in [2.05, 4.69) is 61.4 Å². The van der Waals surface area contributed by atoms with Crippen LogP contribution in [0.2, 0.25) is 0 Å². The highest BCUT2D eigenvalue weighted by Crippen LogP contribution is 2.30. The summed E-state index contributed by atoms with van der Waals surface area (Å²) in [6.45, 7) is 7.33. The molecule has 1 aromatic carbocycles. The van der Waals surface area contributed by atoms with Crippen LogP contribution in [0, 0.1) is 0 Å². The molecule has 1 fully saturated rings. The molecule has 0 aliphatic carbocycles. The van der Waals surface area contributed by atoms with Crippen molar-refractivity contribution >= 4 is 0 Å². The van der Waals surface area contributed by atoms with Crippen molar-refractivity contribution in [1.29, 1.82) is 0 Å². The molecule has 1 aliphatic rings. The molecule has 20 heavy (non-hydrogen) atoms. The van der Waals surface area contributed by atoms with Crippen molar-refractivity contribution in [2.24, 2.45) is 0 Å². The number of hydrogen-bond acceptors (Lipinski definition) is 2. The lowest BCUT2D eigenvalue weighted by Gasteiger charge is -2.44. The minimum Gasteiger partial charge on any atom is -0.315 e. The number of rotatable bonds is 7. The summed E-state index contributed by atoms with van der Waals surface area (Å²) in [6.07, 6.45) is 6.32. The molecule has 2 heteroatoms. The molecule has 0 amide bonds. The quantitative estimate of drug-likeness (QED) is 0.819. The minimum atomic E-state index is 0.292. The summed E-state index contributed by atoms with van der Waals surface area (Å²) in [5.74, 6) is 0. The fraction of sp³-hybridized carbons (Fsp3) is 0.667. The van der Waals surface area contributed by atoms with Crippen molar-refractivity contribution in [3.05, 3.63) is 35.9 Å². The van der Waals surface area contributed by atoms with Crippen LogP contribution in [0.4, 0.5) is 0 Å². The van der Waals surface area contributed by atoms with Crippen LogP contribution in [-0.2, 0) is 6.42 Å². The highest BCUT2D eigenvalue weighted by atomic mass is 15.2. The van der Waals surface area contributed by atoms with Crippen LogP contribution >= 0.6 is 0 Å². The first-order valence-electron chi connectivity index (χ1n) is 8.17. The zero-order valence-electron chi connectivity index (χ0n) is 13.4. The standard InChI is InChI=1S/C18H30N2/c1-4-18(2,20-14-8-9-15-20)17(19-3)13-12-16-10-6-5-7-11-16/h5-7,10-11,17,19H,4,8-9,12-15H2,1-3H3. The molecule has 2 nitrogen and oxygen atoms in total. The lowest BCUT2D eigenvalue weighted by Crippen LogP contribution is -2.57. The lowest BCUT2D eigenvalue weighted by atomic mass is 9.84. The lowest BCUT2D eigenvalue weighted by molar-refractivity contribution is 0.0837. The third kappa shape index (κ3) is 3.42. The normalized spacial score (nSPS) is 20.8. The van der Waals surface area contributed by atoms with Gasteiger partial charge in [-0.1, -0.05) is 37.3 Å². The van der Waals surface area contributed by atoms with E-state index >= 15 is 0 Å². The molecule has 1 aromatic rings. The van der Waals surface area contributed by atoms with Crippen molar-refractivity contribution in [3.8, 4) is 0 Å². The summed E-state index contributed by atoms with van der Waals surface area (Å²) in [5.41, 5.74) is 1.74. The molecule has 2 rings (SSSR count). The second-order valence-electron chi connectivity index (χ2n) is 6.27. The predicted molar refractivity (Wildman–Crippen MR) is 87.1 cm³/mol. The average molecular weight is 274 g/mol. The van der Waals surface area contributed by atoms with Crippen LogP contribution in [-0.4, -0.2) is 36.6 Å². The van der Waals surface area contributed by atoms with Crippen LogP contribution in [0.25, 0.3) is 0 Å². The van der Waals surface area contributed by atoms with Gasteiger partial charge in [0.15, 0.2) is 0 Å². The molecule has 1 heterocycles. The van der Waals surface area contributed by atoms with Crippen molar-refractivity contribution in [1.82, 2.24) is 10.2 Å². The molecule has 0 radical (unpaired) electrons. The van der Waals surface area contributed by atoms with Gasteiger partial charge >= 0.3 is 0 Å². The Morgan fingerprint density at radius 1 is 1.20 bits per heavy atom. The van der Waals surface area contributed by atoms with E-state index in [4.69, 9.17) is 0 Å². The van der Waals surface area contributed by atoms with E-state index in [0.29, 0.717) is 11.6 Å². The van der Waals surface area contributed by atoms with Gasteiger partial charge in [0.25, 0.3) is 0 Å². The summed E-state index contributed by atoms with van der Waals surface area (Å²) in [5, 5.41) is 3.60. The Kier molecular flexibility index (Phi) is 5.62. The van der Waals surface area contributed by atoms with Gasteiger partial charge in [0, 0.05) is 11.6 Å². The van der Waals surface area contributed by atoms with E-state index in [0.717, 1.165) is 6.42 Å². The number of likely N-dealkylation sites (N-methyl/N-ethyl adjacent to an activating group) is 1.